The van der Waals surface area contributed by atoms with Crippen LogP contribution in [-0.4, -0.2) is 41.9 Å². The lowest BCUT2D eigenvalue weighted by Gasteiger charge is -2.13. The Kier molecular flexibility index (Phi) is 6.48. The van der Waals surface area contributed by atoms with E-state index < -0.39 is 17.8 Å². The van der Waals surface area contributed by atoms with Crippen molar-refractivity contribution in [3.8, 4) is 11.1 Å². The van der Waals surface area contributed by atoms with Crippen LogP contribution in [0.25, 0.3) is 11.1 Å². The lowest BCUT2D eigenvalue weighted by atomic mass is 9.88. The van der Waals surface area contributed by atoms with Crippen molar-refractivity contribution in [3.05, 3.63) is 60.2 Å². The second-order valence-corrected chi connectivity index (χ2v) is 6.08. The molecule has 4 heteroatoms. The van der Waals surface area contributed by atoms with Crippen molar-refractivity contribution in [1.82, 2.24) is 4.90 Å². The lowest BCUT2D eigenvalue weighted by Crippen LogP contribution is -2.28. The quantitative estimate of drug-likeness (QED) is 0.860. The normalized spacial score (nSPS) is 19.8. The van der Waals surface area contributed by atoms with Crippen molar-refractivity contribution in [2.75, 3.05) is 20.1 Å². The molecule has 25 heavy (non-hydrogen) atoms. The van der Waals surface area contributed by atoms with E-state index >= 15 is 0 Å². The maximum atomic E-state index is 12.7. The molecule has 1 fully saturated rings. The Morgan fingerprint density at radius 3 is 1.96 bits per heavy atom. The highest BCUT2D eigenvalue weighted by Crippen LogP contribution is 2.27. The van der Waals surface area contributed by atoms with E-state index in [2.05, 4.69) is 0 Å². The summed E-state index contributed by atoms with van der Waals surface area (Å²) < 4.78 is 0. The van der Waals surface area contributed by atoms with Gasteiger partial charge in [-0.05, 0) is 18.2 Å². The number of benzene rings is 2. The number of carboxylic acid groups (broad SMARTS) is 1. The van der Waals surface area contributed by atoms with Gasteiger partial charge in [0.1, 0.15) is 0 Å². The molecule has 0 spiro atoms. The summed E-state index contributed by atoms with van der Waals surface area (Å²) in [5.41, 5.74) is 2.72. The SMILES string of the molecule is CC.CN1CC(C(=O)O)[C@@H](C(=O)c2ccc(-c3ccccc3)cc2)C1. The zero-order valence-electron chi connectivity index (χ0n) is 15.0. The molecule has 1 aliphatic heterocycles. The minimum atomic E-state index is -0.895. The van der Waals surface area contributed by atoms with E-state index in [1.807, 2.05) is 68.3 Å². The number of rotatable bonds is 4. The van der Waals surface area contributed by atoms with Crippen molar-refractivity contribution >= 4 is 11.8 Å². The van der Waals surface area contributed by atoms with E-state index in [1.54, 1.807) is 12.1 Å². The van der Waals surface area contributed by atoms with Crippen molar-refractivity contribution in [1.29, 1.82) is 0 Å². The number of carbonyl (C=O) groups is 2. The van der Waals surface area contributed by atoms with Gasteiger partial charge in [-0.1, -0.05) is 68.4 Å². The first-order valence-corrected chi connectivity index (χ1v) is 8.67. The number of hydrogen-bond acceptors (Lipinski definition) is 3. The molecule has 1 N–H and O–H groups in total. The first-order valence-electron chi connectivity index (χ1n) is 8.67. The first kappa shape index (κ1) is 18.9. The van der Waals surface area contributed by atoms with Crippen LogP contribution in [0.1, 0.15) is 24.2 Å². The molecule has 4 nitrogen and oxygen atoms in total. The second kappa shape index (κ2) is 8.58. The Labute approximate surface area is 149 Å². The molecular weight excluding hydrogens is 314 g/mol. The number of Topliss-reactive ketones (excluding diaryl/α,β-unsaturated/α-hetero) is 1. The predicted octanol–water partition coefficient (Wildman–Crippen LogP) is 3.82. The standard InChI is InChI=1S/C19H19NO3.C2H6/c1-20-11-16(17(12-20)19(22)23)18(21)15-9-7-14(8-10-15)13-5-3-2-4-6-13;1-2/h2-10,16-17H,11-12H2,1H3,(H,22,23);1-2H3/t16-,17?;/m0./s1. The van der Waals surface area contributed by atoms with Gasteiger partial charge in [-0.25, -0.2) is 0 Å². The number of nitrogens with zero attached hydrogens (tertiary/aromatic N) is 1. The van der Waals surface area contributed by atoms with Crippen LogP contribution < -0.4 is 0 Å². The summed E-state index contributed by atoms with van der Waals surface area (Å²) in [6.07, 6.45) is 0. The van der Waals surface area contributed by atoms with E-state index in [9.17, 15) is 14.7 Å². The van der Waals surface area contributed by atoms with Gasteiger partial charge >= 0.3 is 5.97 Å². The van der Waals surface area contributed by atoms with Crippen LogP contribution in [0.5, 0.6) is 0 Å². The molecule has 2 atom stereocenters. The molecule has 0 radical (unpaired) electrons. The number of hydrogen-bond donors (Lipinski definition) is 1. The average molecular weight is 339 g/mol. The van der Waals surface area contributed by atoms with Crippen LogP contribution in [-0.2, 0) is 4.79 Å². The summed E-state index contributed by atoms with van der Waals surface area (Å²) in [6.45, 7) is 4.92. The fourth-order valence-corrected chi connectivity index (χ4v) is 3.19. The van der Waals surface area contributed by atoms with Gasteiger partial charge in [-0.15, -0.1) is 0 Å². The van der Waals surface area contributed by atoms with Gasteiger partial charge in [0.15, 0.2) is 5.78 Å². The molecule has 0 aliphatic carbocycles. The van der Waals surface area contributed by atoms with Gasteiger partial charge in [-0.3, -0.25) is 9.59 Å². The zero-order valence-corrected chi connectivity index (χ0v) is 15.0. The Balaban J connectivity index is 0.00000109. The molecule has 2 aromatic rings. The van der Waals surface area contributed by atoms with Crippen LogP contribution in [0.4, 0.5) is 0 Å². The van der Waals surface area contributed by atoms with Gasteiger partial charge in [0.05, 0.1) is 5.92 Å². The Hall–Kier alpha value is -2.46. The summed E-state index contributed by atoms with van der Waals surface area (Å²) in [7, 11) is 1.85. The van der Waals surface area contributed by atoms with Gasteiger partial charge in [0, 0.05) is 24.6 Å². The number of ketones is 1. The van der Waals surface area contributed by atoms with Crippen LogP contribution in [0, 0.1) is 11.8 Å². The zero-order chi connectivity index (χ0) is 18.4. The highest BCUT2D eigenvalue weighted by atomic mass is 16.4. The van der Waals surface area contributed by atoms with Crippen molar-refractivity contribution in [2.45, 2.75) is 13.8 Å². The minimum absolute atomic E-state index is 0.0821. The van der Waals surface area contributed by atoms with Crippen LogP contribution in [0.15, 0.2) is 54.6 Å². The fraction of sp³-hybridized carbons (Fsp3) is 0.333. The highest BCUT2D eigenvalue weighted by Gasteiger charge is 2.40. The van der Waals surface area contributed by atoms with Crippen LogP contribution in [0.2, 0.25) is 0 Å². The molecule has 1 saturated heterocycles. The van der Waals surface area contributed by atoms with E-state index in [1.165, 1.54) is 0 Å². The molecule has 0 bridgehead atoms. The van der Waals surface area contributed by atoms with E-state index in [4.69, 9.17) is 0 Å². The van der Waals surface area contributed by atoms with Crippen LogP contribution >= 0.6 is 0 Å². The molecule has 0 saturated carbocycles. The van der Waals surface area contributed by atoms with E-state index in [-0.39, 0.29) is 5.78 Å². The summed E-state index contributed by atoms with van der Waals surface area (Å²) in [5, 5.41) is 9.31. The van der Waals surface area contributed by atoms with E-state index in [0.717, 1.165) is 11.1 Å². The Bertz CT molecular complexity index is 710. The molecule has 1 heterocycles. The van der Waals surface area contributed by atoms with Gasteiger partial charge in [0.2, 0.25) is 0 Å². The second-order valence-electron chi connectivity index (χ2n) is 6.08. The Morgan fingerprint density at radius 2 is 1.40 bits per heavy atom. The molecule has 1 aliphatic rings. The van der Waals surface area contributed by atoms with Gasteiger partial charge < -0.3 is 10.0 Å². The summed E-state index contributed by atoms with van der Waals surface area (Å²) in [6, 6.07) is 17.4. The number of carboxylic acids is 1. The van der Waals surface area contributed by atoms with Crippen LogP contribution in [0.3, 0.4) is 0 Å². The summed E-state index contributed by atoms with van der Waals surface area (Å²) >= 11 is 0. The predicted molar refractivity (Wildman–Crippen MR) is 99.7 cm³/mol. The topological polar surface area (TPSA) is 57.6 Å². The van der Waals surface area contributed by atoms with E-state index in [0.29, 0.717) is 18.7 Å². The van der Waals surface area contributed by atoms with Crippen molar-refractivity contribution in [3.63, 3.8) is 0 Å². The third-order valence-corrected chi connectivity index (χ3v) is 4.43. The largest absolute Gasteiger partial charge is 0.481 e. The molecule has 0 aromatic heterocycles. The third kappa shape index (κ3) is 4.34. The molecule has 132 valence electrons. The highest BCUT2D eigenvalue weighted by molar-refractivity contribution is 6.00. The van der Waals surface area contributed by atoms with Crippen molar-refractivity contribution < 1.29 is 14.7 Å². The number of aliphatic carboxylic acids is 1. The first-order chi connectivity index (χ1) is 12.1. The maximum absolute atomic E-state index is 12.7. The minimum Gasteiger partial charge on any atom is -0.481 e. The maximum Gasteiger partial charge on any atom is 0.308 e. The van der Waals surface area contributed by atoms with Gasteiger partial charge in [0.25, 0.3) is 0 Å². The monoisotopic (exact) mass is 339 g/mol. The van der Waals surface area contributed by atoms with Gasteiger partial charge in [-0.2, -0.15) is 0 Å². The van der Waals surface area contributed by atoms with Crippen molar-refractivity contribution in [2.24, 2.45) is 11.8 Å². The Morgan fingerprint density at radius 1 is 0.880 bits per heavy atom. The summed E-state index contributed by atoms with van der Waals surface area (Å²) in [5.74, 6) is -2.07. The molecule has 0 amide bonds. The average Bonchev–Trinajstić information content (AvgIpc) is 3.06. The number of likely N-dealkylation sites (tertiary alicyclic amines) is 1. The summed E-state index contributed by atoms with van der Waals surface area (Å²) in [4.78, 5) is 25.9. The number of carbonyl (C=O) groups excluding carboxylic acids is 1. The smallest absolute Gasteiger partial charge is 0.308 e. The lowest BCUT2D eigenvalue weighted by molar-refractivity contribution is -0.142. The molecule has 2 aromatic carbocycles. The molecule has 1 unspecified atom stereocenters. The molecule has 3 rings (SSSR count). The fourth-order valence-electron chi connectivity index (χ4n) is 3.19. The molecular formula is C21H25NO3. The third-order valence-electron chi connectivity index (χ3n) is 4.43.